The van der Waals surface area contributed by atoms with Crippen LogP contribution < -0.4 is 10.2 Å². The number of nitrogens with one attached hydrogen (secondary N) is 1. The van der Waals surface area contributed by atoms with Crippen LogP contribution in [0.3, 0.4) is 0 Å². The number of carbonyl (C=O) groups is 1. The Kier molecular flexibility index (Phi) is 7.23. The number of pyridine rings is 1. The molecule has 3 rings (SSSR count). The molecule has 0 spiro atoms. The van der Waals surface area contributed by atoms with Gasteiger partial charge in [-0.05, 0) is 48.9 Å². The number of carbonyl (C=O) groups excluding carboxylic acids is 1. The van der Waals surface area contributed by atoms with E-state index in [0.29, 0.717) is 18.8 Å². The van der Waals surface area contributed by atoms with E-state index in [1.54, 1.807) is 30.5 Å². The first-order chi connectivity index (χ1) is 12.6. The zero-order valence-electron chi connectivity index (χ0n) is 15.2. The Morgan fingerprint density at radius 1 is 1.19 bits per heavy atom. The summed E-state index contributed by atoms with van der Waals surface area (Å²) < 4.78 is 14.8. The number of benzene rings is 1. The third-order valence-corrected chi connectivity index (χ3v) is 5.77. The van der Waals surface area contributed by atoms with Crippen LogP contribution in [-0.2, 0) is 15.8 Å². The monoisotopic (exact) mass is 388 g/mol. The van der Waals surface area contributed by atoms with E-state index in [2.05, 4.69) is 34.8 Å². The first kappa shape index (κ1) is 20.8. The number of piperazine rings is 1. The van der Waals surface area contributed by atoms with Crippen molar-refractivity contribution in [1.82, 2.24) is 9.29 Å². The average Bonchev–Trinajstić information content (AvgIpc) is 2.68. The van der Waals surface area contributed by atoms with Crippen molar-refractivity contribution in [3.8, 4) is 0 Å². The van der Waals surface area contributed by atoms with Crippen molar-refractivity contribution in [2.75, 3.05) is 36.4 Å². The second kappa shape index (κ2) is 9.40. The van der Waals surface area contributed by atoms with Crippen LogP contribution in [0.1, 0.15) is 5.56 Å². The van der Waals surface area contributed by atoms with Crippen LogP contribution in [0, 0.1) is 6.92 Å². The van der Waals surface area contributed by atoms with Crippen molar-refractivity contribution < 1.29 is 14.5 Å². The van der Waals surface area contributed by atoms with E-state index in [1.165, 1.54) is 6.08 Å². The highest BCUT2D eigenvalue weighted by Gasteiger charge is 2.23. The summed E-state index contributed by atoms with van der Waals surface area (Å²) in [7, 11) is -1.22. The summed E-state index contributed by atoms with van der Waals surface area (Å²) in [5.41, 5.74) is 1.81. The predicted octanol–water partition coefficient (Wildman–Crippen LogP) is 1.53. The van der Waals surface area contributed by atoms with Crippen molar-refractivity contribution >= 4 is 28.4 Å². The second-order valence-corrected chi connectivity index (χ2v) is 7.51. The quantitative estimate of drug-likeness (QED) is 0.786. The fourth-order valence-electron chi connectivity index (χ4n) is 2.87. The molecule has 1 atom stereocenters. The van der Waals surface area contributed by atoms with E-state index in [4.69, 9.17) is 0 Å². The number of amides is 1. The number of aromatic nitrogens is 1. The van der Waals surface area contributed by atoms with E-state index in [1.807, 2.05) is 10.4 Å². The number of hydrogen-bond acceptors (Lipinski definition) is 4. The van der Waals surface area contributed by atoms with Gasteiger partial charge in [-0.3, -0.25) is 4.79 Å². The van der Waals surface area contributed by atoms with E-state index < -0.39 is 11.0 Å². The molecular formula is C19H24N4O3S. The molecule has 1 aromatic heterocycles. The Hall–Kier alpha value is -2.55. The summed E-state index contributed by atoms with van der Waals surface area (Å²) in [6, 6.07) is 11.1. The molecule has 3 N–H and O–H groups in total. The van der Waals surface area contributed by atoms with Gasteiger partial charge in [0.1, 0.15) is 16.8 Å². The Bertz CT molecular complexity index is 818. The van der Waals surface area contributed by atoms with Crippen LogP contribution in [0.15, 0.2) is 60.1 Å². The van der Waals surface area contributed by atoms with E-state index in [0.717, 1.165) is 29.4 Å². The molecule has 2 aromatic rings. The van der Waals surface area contributed by atoms with Gasteiger partial charge >= 0.3 is 0 Å². The minimum absolute atomic E-state index is 0. The van der Waals surface area contributed by atoms with Crippen molar-refractivity contribution in [2.24, 2.45) is 0 Å². The smallest absolute Gasteiger partial charge is 0.247 e. The maximum atomic E-state index is 12.8. The minimum Gasteiger partial charge on any atom is -0.412 e. The normalized spacial score (nSPS) is 15.5. The van der Waals surface area contributed by atoms with Crippen molar-refractivity contribution in [3.05, 3.63) is 60.8 Å². The van der Waals surface area contributed by atoms with Gasteiger partial charge in [-0.2, -0.15) is 0 Å². The Morgan fingerprint density at radius 3 is 2.44 bits per heavy atom. The number of rotatable bonds is 5. The van der Waals surface area contributed by atoms with Gasteiger partial charge in [0.25, 0.3) is 0 Å². The molecule has 1 aliphatic rings. The van der Waals surface area contributed by atoms with Crippen LogP contribution >= 0.6 is 0 Å². The summed E-state index contributed by atoms with van der Waals surface area (Å²) >= 11 is 0. The number of hydrogen-bond donors (Lipinski definition) is 1. The van der Waals surface area contributed by atoms with Gasteiger partial charge < -0.3 is 15.7 Å². The van der Waals surface area contributed by atoms with Gasteiger partial charge in [-0.15, -0.1) is 0 Å². The summed E-state index contributed by atoms with van der Waals surface area (Å²) in [4.78, 5) is 18.7. The molecule has 1 saturated heterocycles. The highest BCUT2D eigenvalue weighted by atomic mass is 32.2. The lowest BCUT2D eigenvalue weighted by Crippen LogP contribution is -2.47. The molecule has 0 bridgehead atoms. The molecule has 27 heavy (non-hydrogen) atoms. The van der Waals surface area contributed by atoms with Crippen molar-refractivity contribution in [2.45, 2.75) is 11.8 Å². The largest absolute Gasteiger partial charge is 0.412 e. The molecule has 0 aliphatic carbocycles. The average molecular weight is 388 g/mol. The first-order valence-electron chi connectivity index (χ1n) is 8.45. The Morgan fingerprint density at radius 2 is 1.85 bits per heavy atom. The molecule has 0 radical (unpaired) electrons. The molecule has 2 heterocycles. The lowest BCUT2D eigenvalue weighted by Gasteiger charge is -2.35. The number of aryl methyl sites for hydroxylation is 1. The Labute approximate surface area is 161 Å². The lowest BCUT2D eigenvalue weighted by atomic mass is 10.2. The molecule has 1 amide bonds. The highest BCUT2D eigenvalue weighted by molar-refractivity contribution is 7.82. The fourth-order valence-corrected chi connectivity index (χ4v) is 4.03. The SMILES string of the molecule is C=CC(=O)Nc1ccc(S(=O)N2CCN(c3ncccc3C)CC2)cc1.O. The molecular weight excluding hydrogens is 364 g/mol. The number of nitrogens with zero attached hydrogens (tertiary/aromatic N) is 3. The first-order valence-corrected chi connectivity index (χ1v) is 9.56. The maximum Gasteiger partial charge on any atom is 0.247 e. The molecule has 1 unspecified atom stereocenters. The van der Waals surface area contributed by atoms with Gasteiger partial charge in [-0.1, -0.05) is 12.6 Å². The lowest BCUT2D eigenvalue weighted by molar-refractivity contribution is -0.111. The molecule has 1 fully saturated rings. The van der Waals surface area contributed by atoms with Crippen molar-refractivity contribution in [3.63, 3.8) is 0 Å². The van der Waals surface area contributed by atoms with Crippen LogP contribution in [0.4, 0.5) is 11.5 Å². The van der Waals surface area contributed by atoms with Crippen LogP contribution in [0.2, 0.25) is 0 Å². The third-order valence-electron chi connectivity index (χ3n) is 4.26. The van der Waals surface area contributed by atoms with Crippen LogP contribution in [-0.4, -0.2) is 51.1 Å². The molecule has 1 aromatic carbocycles. The summed E-state index contributed by atoms with van der Waals surface area (Å²) in [6.07, 6.45) is 3.02. The predicted molar refractivity (Wildman–Crippen MR) is 108 cm³/mol. The van der Waals surface area contributed by atoms with Gasteiger partial charge in [0.05, 0.1) is 4.90 Å². The molecule has 0 saturated carbocycles. The minimum atomic E-state index is -1.22. The standard InChI is InChI=1S/C19H22N4O2S.H2O/c1-3-18(24)21-16-6-8-17(9-7-16)26(25)23-13-11-22(12-14-23)19-15(2)5-4-10-20-19;/h3-10H,1,11-14H2,2H3,(H,21,24);1H2. The zero-order valence-corrected chi connectivity index (χ0v) is 16.0. The van der Waals surface area contributed by atoms with Crippen LogP contribution in [0.25, 0.3) is 0 Å². The van der Waals surface area contributed by atoms with Crippen molar-refractivity contribution in [1.29, 1.82) is 0 Å². The summed E-state index contributed by atoms with van der Waals surface area (Å²) in [6.45, 7) is 8.47. The molecule has 1 aliphatic heterocycles. The highest BCUT2D eigenvalue weighted by Crippen LogP contribution is 2.21. The van der Waals surface area contributed by atoms with Gasteiger partial charge in [0.2, 0.25) is 5.91 Å². The van der Waals surface area contributed by atoms with Gasteiger partial charge in [0.15, 0.2) is 0 Å². The molecule has 144 valence electrons. The van der Waals surface area contributed by atoms with Gasteiger partial charge in [-0.25, -0.2) is 13.5 Å². The zero-order chi connectivity index (χ0) is 18.5. The third kappa shape index (κ3) is 5.00. The van der Waals surface area contributed by atoms with Gasteiger partial charge in [0, 0.05) is 38.1 Å². The molecule has 7 nitrogen and oxygen atoms in total. The second-order valence-electron chi connectivity index (χ2n) is 6.03. The number of anilines is 2. The van der Waals surface area contributed by atoms with E-state index in [9.17, 15) is 9.00 Å². The fraction of sp³-hybridized carbons (Fsp3) is 0.263. The Balaban J connectivity index is 0.00000261. The summed E-state index contributed by atoms with van der Waals surface area (Å²) in [5.74, 6) is 0.736. The maximum absolute atomic E-state index is 12.8. The van der Waals surface area contributed by atoms with E-state index in [-0.39, 0.29) is 11.4 Å². The van der Waals surface area contributed by atoms with Crippen LogP contribution in [0.5, 0.6) is 0 Å². The van der Waals surface area contributed by atoms with E-state index >= 15 is 0 Å². The topological polar surface area (TPSA) is 97.0 Å². The molecule has 8 heteroatoms. The summed E-state index contributed by atoms with van der Waals surface area (Å²) in [5, 5.41) is 2.68.